The molecule has 1 aromatic carbocycles. The molecular weight excluding hydrogens is 212 g/mol. The largest absolute Gasteiger partial charge is 0.229 e. The lowest BCUT2D eigenvalue weighted by atomic mass is 10.2. The van der Waals surface area contributed by atoms with Crippen LogP contribution in [0.3, 0.4) is 0 Å². The predicted molar refractivity (Wildman–Crippen MR) is 59.0 cm³/mol. The second kappa shape index (κ2) is 4.87. The van der Waals surface area contributed by atoms with E-state index in [1.807, 2.05) is 6.92 Å². The van der Waals surface area contributed by atoms with Crippen LogP contribution in [0.5, 0.6) is 0 Å². The number of sulfone groups is 1. The first-order valence-corrected chi connectivity index (χ1v) is 6.01. The summed E-state index contributed by atoms with van der Waals surface area (Å²) in [5.41, 5.74) is 1.02. The number of aliphatic imine (C=N–C) groups is 2. The second-order valence-corrected chi connectivity index (χ2v) is 5.00. The van der Waals surface area contributed by atoms with Crippen LogP contribution in [-0.2, 0) is 9.84 Å². The minimum atomic E-state index is -3.34. The normalized spacial score (nSPS) is 10.5. The summed E-state index contributed by atoms with van der Waals surface area (Å²) in [5.74, 6) is -0.312. The van der Waals surface area contributed by atoms with E-state index in [4.69, 9.17) is 0 Å². The molecule has 0 atom stereocenters. The van der Waals surface area contributed by atoms with E-state index in [1.54, 1.807) is 24.3 Å². The van der Waals surface area contributed by atoms with Gasteiger partial charge in [0.25, 0.3) is 0 Å². The van der Waals surface area contributed by atoms with Gasteiger partial charge in [-0.25, -0.2) is 18.4 Å². The standard InChI is InChI=1S/C10H12N2O2S/c1-9-3-5-10(6-4-9)15(13,14)8-12-7-11-2/h3-6H,8H2,1-2H3. The van der Waals surface area contributed by atoms with E-state index in [0.717, 1.165) is 5.56 Å². The van der Waals surface area contributed by atoms with E-state index < -0.39 is 9.84 Å². The van der Waals surface area contributed by atoms with Gasteiger partial charge in [-0.2, -0.15) is 0 Å². The zero-order chi connectivity index (χ0) is 11.3. The maximum atomic E-state index is 11.6. The SMILES string of the molecule is CN=C=NCS(=O)(=O)c1ccc(C)cc1. The van der Waals surface area contributed by atoms with Crippen molar-refractivity contribution in [3.8, 4) is 0 Å². The molecule has 0 spiro atoms. The lowest BCUT2D eigenvalue weighted by molar-refractivity contribution is 0.596. The highest BCUT2D eigenvalue weighted by molar-refractivity contribution is 7.91. The van der Waals surface area contributed by atoms with Crippen molar-refractivity contribution >= 4 is 15.8 Å². The lowest BCUT2D eigenvalue weighted by Gasteiger charge is -2.00. The summed E-state index contributed by atoms with van der Waals surface area (Å²) in [6.07, 6.45) is 0. The molecule has 0 saturated heterocycles. The molecule has 0 radical (unpaired) electrons. The van der Waals surface area contributed by atoms with Crippen LogP contribution in [0, 0.1) is 6.92 Å². The Kier molecular flexibility index (Phi) is 3.77. The topological polar surface area (TPSA) is 58.9 Å². The van der Waals surface area contributed by atoms with Crippen molar-refractivity contribution in [3.63, 3.8) is 0 Å². The number of hydrogen-bond acceptors (Lipinski definition) is 4. The van der Waals surface area contributed by atoms with Crippen molar-refractivity contribution in [3.05, 3.63) is 29.8 Å². The average Bonchev–Trinajstić information content (AvgIpc) is 2.18. The quantitative estimate of drug-likeness (QED) is 0.731. The maximum absolute atomic E-state index is 11.6. The number of rotatable bonds is 3. The fourth-order valence-electron chi connectivity index (χ4n) is 1.00. The summed E-state index contributed by atoms with van der Waals surface area (Å²) in [6, 6.07) is 8.91. The number of aryl methyl sites for hydroxylation is 1. The molecule has 0 aliphatic rings. The van der Waals surface area contributed by atoms with Crippen molar-refractivity contribution in [2.45, 2.75) is 11.8 Å². The summed E-state index contributed by atoms with van der Waals surface area (Å²) in [7, 11) is -1.85. The fourth-order valence-corrected chi connectivity index (χ4v) is 1.93. The van der Waals surface area contributed by atoms with Gasteiger partial charge in [-0.3, -0.25) is 0 Å². The molecule has 80 valence electrons. The van der Waals surface area contributed by atoms with Crippen molar-refractivity contribution in [2.24, 2.45) is 9.98 Å². The molecular formula is C10H12N2O2S. The van der Waals surface area contributed by atoms with E-state index >= 15 is 0 Å². The van der Waals surface area contributed by atoms with Crippen molar-refractivity contribution in [2.75, 3.05) is 12.9 Å². The van der Waals surface area contributed by atoms with Crippen LogP contribution in [0.15, 0.2) is 39.1 Å². The molecule has 1 aromatic rings. The number of hydrogen-bond donors (Lipinski definition) is 0. The van der Waals surface area contributed by atoms with Crippen LogP contribution in [0.1, 0.15) is 5.56 Å². The van der Waals surface area contributed by atoms with Crippen LogP contribution in [-0.4, -0.2) is 27.4 Å². The van der Waals surface area contributed by atoms with Gasteiger partial charge in [0, 0.05) is 7.05 Å². The Morgan fingerprint density at radius 2 is 1.87 bits per heavy atom. The Hall–Kier alpha value is -1.45. The van der Waals surface area contributed by atoms with Gasteiger partial charge in [-0.15, -0.1) is 0 Å². The molecule has 4 nitrogen and oxygen atoms in total. The summed E-state index contributed by atoms with van der Waals surface area (Å²) < 4.78 is 23.3. The van der Waals surface area contributed by atoms with Crippen LogP contribution in [0.2, 0.25) is 0 Å². The van der Waals surface area contributed by atoms with Crippen LogP contribution in [0.25, 0.3) is 0 Å². The van der Waals surface area contributed by atoms with Gasteiger partial charge in [0.15, 0.2) is 15.7 Å². The molecule has 0 saturated carbocycles. The van der Waals surface area contributed by atoms with Gasteiger partial charge >= 0.3 is 0 Å². The zero-order valence-corrected chi connectivity index (χ0v) is 9.45. The van der Waals surface area contributed by atoms with Crippen LogP contribution >= 0.6 is 0 Å². The summed E-state index contributed by atoms with van der Waals surface area (Å²) >= 11 is 0. The summed E-state index contributed by atoms with van der Waals surface area (Å²) in [5, 5.41) is 0. The molecule has 0 unspecified atom stereocenters. The van der Waals surface area contributed by atoms with Crippen molar-refractivity contribution in [1.29, 1.82) is 0 Å². The Bertz CT molecular complexity index is 483. The van der Waals surface area contributed by atoms with Gasteiger partial charge in [0.1, 0.15) is 0 Å². The second-order valence-electron chi connectivity index (χ2n) is 3.04. The van der Waals surface area contributed by atoms with E-state index in [1.165, 1.54) is 7.05 Å². The highest BCUT2D eigenvalue weighted by Gasteiger charge is 2.12. The van der Waals surface area contributed by atoms with E-state index in [-0.39, 0.29) is 10.8 Å². The van der Waals surface area contributed by atoms with Gasteiger partial charge in [-0.05, 0) is 19.1 Å². The third-order valence-electron chi connectivity index (χ3n) is 1.79. The lowest BCUT2D eigenvalue weighted by Crippen LogP contribution is -2.04. The summed E-state index contributed by atoms with van der Waals surface area (Å²) in [4.78, 5) is 7.29. The van der Waals surface area contributed by atoms with Gasteiger partial charge < -0.3 is 0 Å². The van der Waals surface area contributed by atoms with Gasteiger partial charge in [-0.1, -0.05) is 17.7 Å². The molecule has 0 N–H and O–H groups in total. The van der Waals surface area contributed by atoms with Gasteiger partial charge in [0.2, 0.25) is 0 Å². The number of nitrogens with zero attached hydrogens (tertiary/aromatic N) is 2. The minimum Gasteiger partial charge on any atom is -0.229 e. The van der Waals surface area contributed by atoms with E-state index in [0.29, 0.717) is 0 Å². The van der Waals surface area contributed by atoms with E-state index in [2.05, 4.69) is 16.0 Å². The predicted octanol–water partition coefficient (Wildman–Crippen LogP) is 1.53. The maximum Gasteiger partial charge on any atom is 0.199 e. The first-order chi connectivity index (χ1) is 7.06. The molecule has 1 rings (SSSR count). The highest BCUT2D eigenvalue weighted by atomic mass is 32.2. The third kappa shape index (κ3) is 3.31. The monoisotopic (exact) mass is 224 g/mol. The van der Waals surface area contributed by atoms with Crippen LogP contribution < -0.4 is 0 Å². The number of benzene rings is 1. The summed E-state index contributed by atoms with van der Waals surface area (Å²) in [6.45, 7) is 1.90. The molecule has 0 heterocycles. The first kappa shape index (κ1) is 11.6. The van der Waals surface area contributed by atoms with Crippen molar-refractivity contribution < 1.29 is 8.42 Å². The van der Waals surface area contributed by atoms with Crippen molar-refractivity contribution in [1.82, 2.24) is 0 Å². The fraction of sp³-hybridized carbons (Fsp3) is 0.300. The van der Waals surface area contributed by atoms with Crippen LogP contribution in [0.4, 0.5) is 0 Å². The average molecular weight is 224 g/mol. The minimum absolute atomic E-state index is 0.273. The first-order valence-electron chi connectivity index (χ1n) is 4.36. The Balaban J connectivity index is 2.96. The molecule has 0 aliphatic heterocycles. The molecule has 15 heavy (non-hydrogen) atoms. The smallest absolute Gasteiger partial charge is 0.199 e. The molecule has 5 heteroatoms. The Morgan fingerprint density at radius 1 is 1.27 bits per heavy atom. The molecule has 0 bridgehead atoms. The molecule has 0 aromatic heterocycles. The third-order valence-corrected chi connectivity index (χ3v) is 3.24. The molecule has 0 fully saturated rings. The Morgan fingerprint density at radius 3 is 2.40 bits per heavy atom. The molecule has 0 aliphatic carbocycles. The Labute approximate surface area is 89.3 Å². The highest BCUT2D eigenvalue weighted by Crippen LogP contribution is 2.11. The van der Waals surface area contributed by atoms with E-state index in [9.17, 15) is 8.42 Å². The van der Waals surface area contributed by atoms with Gasteiger partial charge in [0.05, 0.1) is 10.9 Å². The zero-order valence-electron chi connectivity index (χ0n) is 8.64. The molecule has 0 amide bonds.